The van der Waals surface area contributed by atoms with E-state index in [-0.39, 0.29) is 23.6 Å². The van der Waals surface area contributed by atoms with E-state index in [2.05, 4.69) is 14.9 Å². The second kappa shape index (κ2) is 8.11. The van der Waals surface area contributed by atoms with Crippen LogP contribution in [-0.2, 0) is 26.7 Å². The first-order valence-electron chi connectivity index (χ1n) is 10.4. The molecule has 4 rings (SSSR count). The number of fused-ring (bicyclic) bond motifs is 1. The molecule has 0 radical (unpaired) electrons. The van der Waals surface area contributed by atoms with Crippen molar-refractivity contribution in [2.75, 3.05) is 18.8 Å². The smallest absolute Gasteiger partial charge is 0.235 e. The molecule has 1 N–H and O–H groups in total. The predicted octanol–water partition coefficient (Wildman–Crippen LogP) is 1.81. The number of nitrogens with one attached hydrogen (secondary N) is 1. The van der Waals surface area contributed by atoms with Crippen LogP contribution in [0.25, 0.3) is 0 Å². The molecular formula is C21H28N4O4S. The molecule has 0 bridgehead atoms. The fraction of sp³-hybridized carbons (Fsp3) is 0.571. The Morgan fingerprint density at radius 1 is 1.33 bits per heavy atom. The van der Waals surface area contributed by atoms with Crippen molar-refractivity contribution in [2.24, 2.45) is 5.92 Å². The fourth-order valence-corrected chi connectivity index (χ4v) is 5.73. The van der Waals surface area contributed by atoms with Crippen molar-refractivity contribution >= 4 is 15.9 Å². The zero-order chi connectivity index (χ0) is 21.4. The van der Waals surface area contributed by atoms with E-state index in [1.807, 2.05) is 35.2 Å². The Kier molecular flexibility index (Phi) is 5.67. The molecule has 9 heteroatoms. The lowest BCUT2D eigenvalue weighted by Gasteiger charge is -2.25. The Morgan fingerprint density at radius 2 is 2.10 bits per heavy atom. The number of carbonyl (C=O) groups is 1. The maximum Gasteiger partial charge on any atom is 0.235 e. The van der Waals surface area contributed by atoms with Gasteiger partial charge in [-0.25, -0.2) is 13.1 Å². The van der Waals surface area contributed by atoms with Crippen LogP contribution in [0.4, 0.5) is 0 Å². The Bertz CT molecular complexity index is 1010. The second-order valence-corrected chi connectivity index (χ2v) is 10.5. The van der Waals surface area contributed by atoms with Crippen molar-refractivity contribution < 1.29 is 17.7 Å². The van der Waals surface area contributed by atoms with Crippen molar-refractivity contribution in [2.45, 2.75) is 51.0 Å². The van der Waals surface area contributed by atoms with Crippen LogP contribution in [-0.4, -0.2) is 54.2 Å². The molecule has 1 unspecified atom stereocenters. The Labute approximate surface area is 177 Å². The SMILES string of the molecule is CCS(=O)(=O)N[C@@H]1CC2CN(C(=O)CCc3ccccc3)C[C@@]2(c2nc(C)no2)C1. The third-order valence-corrected chi connectivity index (χ3v) is 7.83. The summed E-state index contributed by atoms with van der Waals surface area (Å²) in [6.45, 7) is 4.46. The average molecular weight is 433 g/mol. The van der Waals surface area contributed by atoms with Gasteiger partial charge in [-0.05, 0) is 44.6 Å². The largest absolute Gasteiger partial charge is 0.341 e. The molecule has 3 atom stereocenters. The van der Waals surface area contributed by atoms with Gasteiger partial charge in [0.2, 0.25) is 21.8 Å². The van der Waals surface area contributed by atoms with E-state index in [0.717, 1.165) is 5.56 Å². The van der Waals surface area contributed by atoms with Gasteiger partial charge in [0.05, 0.1) is 11.2 Å². The molecule has 2 aromatic rings. The summed E-state index contributed by atoms with van der Waals surface area (Å²) < 4.78 is 32.5. The molecule has 2 aliphatic rings. The van der Waals surface area contributed by atoms with Crippen molar-refractivity contribution in [3.63, 3.8) is 0 Å². The molecule has 0 spiro atoms. The molecule has 162 valence electrons. The van der Waals surface area contributed by atoms with Gasteiger partial charge in [0.25, 0.3) is 0 Å². The Hall–Kier alpha value is -2.26. The maximum absolute atomic E-state index is 12.9. The van der Waals surface area contributed by atoms with Gasteiger partial charge in [-0.2, -0.15) is 4.98 Å². The third kappa shape index (κ3) is 4.13. The quantitative estimate of drug-likeness (QED) is 0.715. The highest BCUT2D eigenvalue weighted by molar-refractivity contribution is 7.89. The summed E-state index contributed by atoms with van der Waals surface area (Å²) >= 11 is 0. The maximum atomic E-state index is 12.9. The first kappa shape index (κ1) is 21.0. The lowest BCUT2D eigenvalue weighted by molar-refractivity contribution is -0.130. The van der Waals surface area contributed by atoms with E-state index in [9.17, 15) is 13.2 Å². The molecule has 1 aliphatic carbocycles. The van der Waals surface area contributed by atoms with Crippen LogP contribution in [0, 0.1) is 12.8 Å². The number of amides is 1. The van der Waals surface area contributed by atoms with Crippen LogP contribution in [0.1, 0.15) is 43.5 Å². The van der Waals surface area contributed by atoms with Crippen LogP contribution < -0.4 is 4.72 Å². The topological polar surface area (TPSA) is 105 Å². The van der Waals surface area contributed by atoms with Gasteiger partial charge in [0.15, 0.2) is 5.82 Å². The molecule has 1 saturated carbocycles. The number of aromatic nitrogens is 2. The Balaban J connectivity index is 1.50. The van der Waals surface area contributed by atoms with Crippen molar-refractivity contribution in [3.8, 4) is 0 Å². The standard InChI is InChI=1S/C21H28N4O4S/c1-3-30(27,28)24-18-11-17-13-25(19(26)10-9-16-7-5-4-6-8-16)14-21(17,12-18)20-22-15(2)23-29-20/h4-8,17-18,24H,3,9-14H2,1-2H3/t17?,18-,21+/m1/s1. The van der Waals surface area contributed by atoms with E-state index >= 15 is 0 Å². The minimum atomic E-state index is -3.30. The van der Waals surface area contributed by atoms with Gasteiger partial charge in [-0.1, -0.05) is 35.5 Å². The summed E-state index contributed by atoms with van der Waals surface area (Å²) in [7, 11) is -3.30. The number of hydrogen-bond acceptors (Lipinski definition) is 6. The highest BCUT2D eigenvalue weighted by Crippen LogP contribution is 2.50. The van der Waals surface area contributed by atoms with Crippen molar-refractivity contribution in [1.29, 1.82) is 0 Å². The molecule has 1 aliphatic heterocycles. The first-order chi connectivity index (χ1) is 14.3. The number of likely N-dealkylation sites (tertiary alicyclic amines) is 1. The van der Waals surface area contributed by atoms with E-state index in [0.29, 0.717) is 50.5 Å². The highest BCUT2D eigenvalue weighted by atomic mass is 32.2. The minimum Gasteiger partial charge on any atom is -0.341 e. The molecule has 1 aromatic heterocycles. The van der Waals surface area contributed by atoms with Crippen molar-refractivity contribution in [3.05, 3.63) is 47.6 Å². The lowest BCUT2D eigenvalue weighted by Crippen LogP contribution is -2.40. The van der Waals surface area contributed by atoms with Gasteiger partial charge < -0.3 is 9.42 Å². The fourth-order valence-electron chi connectivity index (χ4n) is 4.87. The van der Waals surface area contributed by atoms with Crippen molar-refractivity contribution in [1.82, 2.24) is 19.8 Å². The first-order valence-corrected chi connectivity index (χ1v) is 12.1. The zero-order valence-electron chi connectivity index (χ0n) is 17.4. The number of carbonyl (C=O) groups excluding carboxylic acids is 1. The molecule has 2 fully saturated rings. The summed E-state index contributed by atoms with van der Waals surface area (Å²) in [5.41, 5.74) is 0.645. The molecule has 2 heterocycles. The molecule has 1 saturated heterocycles. The number of sulfonamides is 1. The zero-order valence-corrected chi connectivity index (χ0v) is 18.2. The minimum absolute atomic E-state index is 0.0466. The second-order valence-electron chi connectivity index (χ2n) is 8.42. The predicted molar refractivity (Wildman–Crippen MR) is 111 cm³/mol. The number of aryl methyl sites for hydroxylation is 2. The highest BCUT2D eigenvalue weighted by Gasteiger charge is 2.58. The molecule has 1 aromatic carbocycles. The number of benzene rings is 1. The lowest BCUT2D eigenvalue weighted by atomic mass is 9.80. The molecule has 30 heavy (non-hydrogen) atoms. The number of rotatable bonds is 7. The molecule has 8 nitrogen and oxygen atoms in total. The molecule has 1 amide bonds. The van der Waals surface area contributed by atoms with Gasteiger partial charge in [0.1, 0.15) is 0 Å². The monoisotopic (exact) mass is 432 g/mol. The summed E-state index contributed by atoms with van der Waals surface area (Å²) in [5, 5.41) is 3.95. The summed E-state index contributed by atoms with van der Waals surface area (Å²) in [5.74, 6) is 1.30. The average Bonchev–Trinajstić information content (AvgIpc) is 3.39. The normalized spacial score (nSPS) is 26.1. The van der Waals surface area contributed by atoms with Gasteiger partial charge in [-0.3, -0.25) is 4.79 Å². The van der Waals surface area contributed by atoms with E-state index < -0.39 is 15.4 Å². The third-order valence-electron chi connectivity index (χ3n) is 6.38. The van der Waals surface area contributed by atoms with Crippen LogP contribution in [0.2, 0.25) is 0 Å². The van der Waals surface area contributed by atoms with Crippen LogP contribution >= 0.6 is 0 Å². The summed E-state index contributed by atoms with van der Waals surface area (Å²) in [6, 6.07) is 9.79. The Morgan fingerprint density at radius 3 is 2.77 bits per heavy atom. The number of nitrogens with zero attached hydrogens (tertiary/aromatic N) is 3. The number of hydrogen-bond donors (Lipinski definition) is 1. The van der Waals surface area contributed by atoms with E-state index in [4.69, 9.17) is 4.52 Å². The van der Waals surface area contributed by atoms with Crippen LogP contribution in [0.3, 0.4) is 0 Å². The van der Waals surface area contributed by atoms with E-state index in [1.165, 1.54) is 0 Å². The van der Waals surface area contributed by atoms with E-state index in [1.54, 1.807) is 13.8 Å². The summed E-state index contributed by atoms with van der Waals surface area (Å²) in [6.07, 6.45) is 2.36. The summed E-state index contributed by atoms with van der Waals surface area (Å²) in [4.78, 5) is 19.3. The van der Waals surface area contributed by atoms with Crippen LogP contribution in [0.5, 0.6) is 0 Å². The van der Waals surface area contributed by atoms with Crippen LogP contribution in [0.15, 0.2) is 34.9 Å². The molecular weight excluding hydrogens is 404 g/mol. The van der Waals surface area contributed by atoms with Gasteiger partial charge >= 0.3 is 0 Å². The van der Waals surface area contributed by atoms with Gasteiger partial charge in [0, 0.05) is 25.6 Å². The van der Waals surface area contributed by atoms with Gasteiger partial charge in [-0.15, -0.1) is 0 Å².